The van der Waals surface area contributed by atoms with E-state index in [1.54, 1.807) is 23.5 Å². The highest BCUT2D eigenvalue weighted by Crippen LogP contribution is 2.29. The number of benzene rings is 1. The molecule has 0 saturated carbocycles. The van der Waals surface area contributed by atoms with Gasteiger partial charge in [0, 0.05) is 25.8 Å². The van der Waals surface area contributed by atoms with Crippen molar-refractivity contribution in [3.8, 4) is 0 Å². The van der Waals surface area contributed by atoms with Crippen LogP contribution in [0.5, 0.6) is 0 Å². The Bertz CT molecular complexity index is 558. The van der Waals surface area contributed by atoms with Crippen molar-refractivity contribution in [2.24, 2.45) is 0 Å². The van der Waals surface area contributed by atoms with Crippen LogP contribution in [0.2, 0.25) is 5.02 Å². The zero-order valence-corrected chi connectivity index (χ0v) is 13.6. The van der Waals surface area contributed by atoms with Crippen LogP contribution >= 0.6 is 38.9 Å². The van der Waals surface area contributed by atoms with Crippen LogP contribution in [-0.2, 0) is 6.42 Å². The Morgan fingerprint density at radius 1 is 1.42 bits per heavy atom. The van der Waals surface area contributed by atoms with E-state index in [9.17, 15) is 4.39 Å². The first-order valence-electron chi connectivity index (χ1n) is 6.01. The van der Waals surface area contributed by atoms with Crippen LogP contribution in [0.15, 0.2) is 34.1 Å². The predicted octanol–water partition coefficient (Wildman–Crippen LogP) is 5.20. The number of nitrogens with one attached hydrogen (secondary N) is 1. The van der Waals surface area contributed by atoms with E-state index < -0.39 is 0 Å². The second-order valence-electron chi connectivity index (χ2n) is 4.22. The Balaban J connectivity index is 2.23. The average molecular weight is 363 g/mol. The standard InChI is InChI=1S/C14H14BrClFNS/c1-2-18-13(14-7-10(15)8-19-14)6-9-5-11(16)3-4-12(9)17/h3-5,7-8,13,18H,2,6H2,1H3. The fraction of sp³-hybridized carbons (Fsp3) is 0.286. The molecule has 1 unspecified atom stereocenters. The minimum Gasteiger partial charge on any atom is -0.309 e. The summed E-state index contributed by atoms with van der Waals surface area (Å²) >= 11 is 11.0. The van der Waals surface area contributed by atoms with E-state index in [1.165, 1.54) is 10.9 Å². The highest BCUT2D eigenvalue weighted by atomic mass is 79.9. The summed E-state index contributed by atoms with van der Waals surface area (Å²) in [6.45, 7) is 2.88. The Morgan fingerprint density at radius 3 is 2.84 bits per heavy atom. The Hall–Kier alpha value is -0.420. The molecule has 0 saturated heterocycles. The first-order chi connectivity index (χ1) is 9.10. The first-order valence-corrected chi connectivity index (χ1v) is 8.06. The van der Waals surface area contributed by atoms with E-state index >= 15 is 0 Å². The summed E-state index contributed by atoms with van der Waals surface area (Å²) < 4.78 is 14.9. The van der Waals surface area contributed by atoms with Crippen LogP contribution in [0.1, 0.15) is 23.4 Å². The molecule has 2 aromatic rings. The molecular weight excluding hydrogens is 349 g/mol. The quantitative estimate of drug-likeness (QED) is 0.771. The molecule has 0 bridgehead atoms. The summed E-state index contributed by atoms with van der Waals surface area (Å²) in [4.78, 5) is 1.19. The van der Waals surface area contributed by atoms with Gasteiger partial charge in [0.25, 0.3) is 0 Å². The van der Waals surface area contributed by atoms with E-state index in [1.807, 2.05) is 12.3 Å². The molecule has 0 aliphatic rings. The molecule has 0 radical (unpaired) electrons. The number of rotatable bonds is 5. The van der Waals surface area contributed by atoms with E-state index in [2.05, 4.69) is 27.3 Å². The molecule has 0 aliphatic carbocycles. The van der Waals surface area contributed by atoms with E-state index in [0.717, 1.165) is 11.0 Å². The van der Waals surface area contributed by atoms with Gasteiger partial charge in [0.2, 0.25) is 0 Å². The lowest BCUT2D eigenvalue weighted by molar-refractivity contribution is 0.534. The Morgan fingerprint density at radius 2 is 2.21 bits per heavy atom. The van der Waals surface area contributed by atoms with Crippen LogP contribution in [0.4, 0.5) is 4.39 Å². The molecule has 1 aromatic heterocycles. The Labute approximate surface area is 129 Å². The van der Waals surface area contributed by atoms with Gasteiger partial charge < -0.3 is 5.32 Å². The van der Waals surface area contributed by atoms with Crippen molar-refractivity contribution in [2.45, 2.75) is 19.4 Å². The van der Waals surface area contributed by atoms with Gasteiger partial charge in [-0.1, -0.05) is 18.5 Å². The molecule has 102 valence electrons. The third-order valence-corrected chi connectivity index (χ3v) is 4.86. The lowest BCUT2D eigenvalue weighted by Gasteiger charge is -2.17. The van der Waals surface area contributed by atoms with Gasteiger partial charge in [-0.15, -0.1) is 11.3 Å². The average Bonchev–Trinajstić information content (AvgIpc) is 2.80. The van der Waals surface area contributed by atoms with Gasteiger partial charge in [0.15, 0.2) is 0 Å². The second kappa shape index (κ2) is 6.84. The number of halogens is 3. The molecule has 0 spiro atoms. The lowest BCUT2D eigenvalue weighted by Crippen LogP contribution is -2.22. The molecule has 1 aromatic carbocycles. The molecule has 0 amide bonds. The number of likely N-dealkylation sites (N-methyl/N-ethyl adjacent to an activating group) is 1. The van der Waals surface area contributed by atoms with Crippen LogP contribution in [0.3, 0.4) is 0 Å². The molecule has 19 heavy (non-hydrogen) atoms. The zero-order valence-electron chi connectivity index (χ0n) is 10.4. The number of hydrogen-bond acceptors (Lipinski definition) is 2. The summed E-state index contributed by atoms with van der Waals surface area (Å²) in [5.41, 5.74) is 0.642. The van der Waals surface area contributed by atoms with Gasteiger partial charge in [-0.2, -0.15) is 0 Å². The van der Waals surface area contributed by atoms with Crippen LogP contribution in [0, 0.1) is 5.82 Å². The molecule has 0 fully saturated rings. The minimum absolute atomic E-state index is 0.106. The predicted molar refractivity (Wildman–Crippen MR) is 83.6 cm³/mol. The molecule has 1 heterocycles. The largest absolute Gasteiger partial charge is 0.309 e. The maximum atomic E-state index is 13.8. The van der Waals surface area contributed by atoms with Crippen molar-refractivity contribution < 1.29 is 4.39 Å². The monoisotopic (exact) mass is 361 g/mol. The smallest absolute Gasteiger partial charge is 0.126 e. The summed E-state index contributed by atoms with van der Waals surface area (Å²) in [6.07, 6.45) is 0.590. The Kier molecular flexibility index (Phi) is 5.39. The maximum Gasteiger partial charge on any atom is 0.126 e. The van der Waals surface area contributed by atoms with Crippen molar-refractivity contribution in [1.29, 1.82) is 0 Å². The maximum absolute atomic E-state index is 13.8. The van der Waals surface area contributed by atoms with E-state index in [0.29, 0.717) is 17.0 Å². The molecule has 5 heteroatoms. The van der Waals surface area contributed by atoms with Crippen molar-refractivity contribution >= 4 is 38.9 Å². The summed E-state index contributed by atoms with van der Waals surface area (Å²) in [7, 11) is 0. The third kappa shape index (κ3) is 4.02. The van der Waals surface area contributed by atoms with Crippen molar-refractivity contribution in [2.75, 3.05) is 6.54 Å². The van der Waals surface area contributed by atoms with E-state index in [-0.39, 0.29) is 11.9 Å². The molecule has 1 nitrogen and oxygen atoms in total. The lowest BCUT2D eigenvalue weighted by atomic mass is 10.0. The number of thiophene rings is 1. The number of hydrogen-bond donors (Lipinski definition) is 1. The molecule has 1 atom stereocenters. The highest BCUT2D eigenvalue weighted by Gasteiger charge is 2.15. The van der Waals surface area contributed by atoms with E-state index in [4.69, 9.17) is 11.6 Å². The molecular formula is C14H14BrClFNS. The summed E-state index contributed by atoms with van der Waals surface area (Å²) in [6, 6.07) is 6.87. The second-order valence-corrected chi connectivity index (χ2v) is 6.51. The molecule has 0 aliphatic heterocycles. The SMILES string of the molecule is CCNC(Cc1cc(Cl)ccc1F)c1cc(Br)cs1. The van der Waals surface area contributed by atoms with Crippen molar-refractivity contribution in [3.05, 3.63) is 55.4 Å². The minimum atomic E-state index is -0.206. The van der Waals surface area contributed by atoms with Gasteiger partial charge in [-0.3, -0.25) is 0 Å². The zero-order chi connectivity index (χ0) is 13.8. The highest BCUT2D eigenvalue weighted by molar-refractivity contribution is 9.10. The topological polar surface area (TPSA) is 12.0 Å². The van der Waals surface area contributed by atoms with Gasteiger partial charge >= 0.3 is 0 Å². The summed E-state index contributed by atoms with van der Waals surface area (Å²) in [5.74, 6) is -0.206. The van der Waals surface area contributed by atoms with Gasteiger partial charge in [0.05, 0.1) is 0 Å². The van der Waals surface area contributed by atoms with Crippen LogP contribution < -0.4 is 5.32 Å². The third-order valence-electron chi connectivity index (χ3n) is 2.81. The van der Waals surface area contributed by atoms with Crippen LogP contribution in [-0.4, -0.2) is 6.54 Å². The molecule has 1 N–H and O–H groups in total. The van der Waals surface area contributed by atoms with Gasteiger partial charge in [-0.05, 0) is 58.7 Å². The van der Waals surface area contributed by atoms with Crippen molar-refractivity contribution in [3.63, 3.8) is 0 Å². The van der Waals surface area contributed by atoms with Gasteiger partial charge in [-0.25, -0.2) is 4.39 Å². The van der Waals surface area contributed by atoms with Crippen molar-refractivity contribution in [1.82, 2.24) is 5.32 Å². The van der Waals surface area contributed by atoms with Gasteiger partial charge in [0.1, 0.15) is 5.82 Å². The molecule has 2 rings (SSSR count). The first kappa shape index (κ1) is 15.0. The van der Waals surface area contributed by atoms with Crippen LogP contribution in [0.25, 0.3) is 0 Å². The summed E-state index contributed by atoms with van der Waals surface area (Å²) in [5, 5.41) is 5.99. The fourth-order valence-corrected chi connectivity index (χ4v) is 3.67. The normalized spacial score (nSPS) is 12.6. The fourth-order valence-electron chi connectivity index (χ4n) is 1.95.